The summed E-state index contributed by atoms with van der Waals surface area (Å²) in [6, 6.07) is 4.74. The fourth-order valence-electron chi connectivity index (χ4n) is 2.25. The van der Waals surface area contributed by atoms with Crippen LogP contribution in [0, 0.1) is 0 Å². The van der Waals surface area contributed by atoms with E-state index in [0.29, 0.717) is 0 Å². The van der Waals surface area contributed by atoms with E-state index in [9.17, 15) is 18.0 Å². The van der Waals surface area contributed by atoms with E-state index in [1.54, 1.807) is 18.2 Å². The molecule has 0 saturated carbocycles. The van der Waals surface area contributed by atoms with Gasteiger partial charge in [0.25, 0.3) is 5.91 Å². The van der Waals surface area contributed by atoms with Crippen LogP contribution in [0.4, 0.5) is 13.2 Å². The third-order valence-corrected chi connectivity index (χ3v) is 3.36. The van der Waals surface area contributed by atoms with Crippen LogP contribution in [0.1, 0.15) is 10.4 Å². The van der Waals surface area contributed by atoms with Crippen LogP contribution in [0.15, 0.2) is 18.2 Å². The number of methoxy groups -OCH3 is 2. The maximum absolute atomic E-state index is 12.8. The lowest BCUT2D eigenvalue weighted by atomic mass is 10.1. The van der Waals surface area contributed by atoms with Gasteiger partial charge in [-0.2, -0.15) is 13.2 Å². The molecule has 1 atom stereocenters. The molecule has 1 aliphatic rings. The van der Waals surface area contributed by atoms with Gasteiger partial charge in [0.2, 0.25) is 0 Å². The lowest BCUT2D eigenvalue weighted by Gasteiger charge is -2.34. The molecule has 1 heterocycles. The number of carbonyl (C=O) groups is 1. The van der Waals surface area contributed by atoms with Gasteiger partial charge in [0.1, 0.15) is 17.1 Å². The van der Waals surface area contributed by atoms with Crippen LogP contribution in [-0.4, -0.2) is 57.0 Å². The van der Waals surface area contributed by atoms with Gasteiger partial charge in [-0.3, -0.25) is 4.79 Å². The van der Waals surface area contributed by atoms with Crippen molar-refractivity contribution in [3.8, 4) is 11.5 Å². The highest BCUT2D eigenvalue weighted by Gasteiger charge is 2.44. The van der Waals surface area contributed by atoms with Gasteiger partial charge in [-0.1, -0.05) is 6.07 Å². The Balaban J connectivity index is 2.28. The molecule has 1 amide bonds. The van der Waals surface area contributed by atoms with Crippen molar-refractivity contribution >= 4 is 5.91 Å². The van der Waals surface area contributed by atoms with Gasteiger partial charge < -0.3 is 19.1 Å². The van der Waals surface area contributed by atoms with Crippen LogP contribution in [-0.2, 0) is 4.74 Å². The molecule has 8 heteroatoms. The van der Waals surface area contributed by atoms with Crippen molar-refractivity contribution in [2.75, 3.05) is 33.9 Å². The standard InChI is InChI=1S/C14H16F3NO4/c1-20-9-4-3-5-10(21-2)12(9)13(19)18-6-7-22-11(8-18)14(15,16)17/h3-5,11H,6-8H2,1-2H3. The number of nitrogens with zero attached hydrogens (tertiary/aromatic N) is 1. The number of alkyl halides is 3. The summed E-state index contributed by atoms with van der Waals surface area (Å²) in [6.07, 6.45) is -6.49. The summed E-state index contributed by atoms with van der Waals surface area (Å²) in [5.41, 5.74) is 0.107. The van der Waals surface area contributed by atoms with Crippen molar-refractivity contribution in [2.45, 2.75) is 12.3 Å². The Bertz CT molecular complexity index is 525. The molecular formula is C14H16F3NO4. The summed E-state index contributed by atoms with van der Waals surface area (Å²) in [4.78, 5) is 13.7. The summed E-state index contributed by atoms with van der Waals surface area (Å²) in [5, 5.41) is 0. The second-order valence-electron chi connectivity index (χ2n) is 4.69. The van der Waals surface area contributed by atoms with Crippen molar-refractivity contribution in [3.05, 3.63) is 23.8 Å². The first-order valence-electron chi connectivity index (χ1n) is 6.57. The first-order valence-corrected chi connectivity index (χ1v) is 6.57. The normalized spacial score (nSPS) is 19.0. The van der Waals surface area contributed by atoms with Crippen molar-refractivity contribution in [1.29, 1.82) is 0 Å². The predicted molar refractivity (Wildman–Crippen MR) is 71.2 cm³/mol. The Hall–Kier alpha value is -1.96. The first kappa shape index (κ1) is 16.4. The number of morpholine rings is 1. The third kappa shape index (κ3) is 3.27. The number of amides is 1. The van der Waals surface area contributed by atoms with E-state index in [2.05, 4.69) is 0 Å². The minimum atomic E-state index is -4.51. The highest BCUT2D eigenvalue weighted by atomic mass is 19.4. The minimum absolute atomic E-state index is 0.0760. The predicted octanol–water partition coefficient (Wildman–Crippen LogP) is 2.11. The number of carbonyl (C=O) groups excluding carboxylic acids is 1. The van der Waals surface area contributed by atoms with E-state index < -0.39 is 24.7 Å². The molecule has 22 heavy (non-hydrogen) atoms. The van der Waals surface area contributed by atoms with Crippen molar-refractivity contribution in [3.63, 3.8) is 0 Å². The number of rotatable bonds is 3. The molecule has 0 bridgehead atoms. The number of ether oxygens (including phenoxy) is 3. The van der Waals surface area contributed by atoms with E-state index in [1.807, 2.05) is 0 Å². The van der Waals surface area contributed by atoms with E-state index in [-0.39, 0.29) is 30.2 Å². The largest absolute Gasteiger partial charge is 0.496 e. The Morgan fingerprint density at radius 3 is 2.36 bits per heavy atom. The number of benzene rings is 1. The van der Waals surface area contributed by atoms with E-state index >= 15 is 0 Å². The van der Waals surface area contributed by atoms with Crippen LogP contribution < -0.4 is 9.47 Å². The van der Waals surface area contributed by atoms with Crippen LogP contribution >= 0.6 is 0 Å². The first-order chi connectivity index (χ1) is 10.4. The van der Waals surface area contributed by atoms with Crippen LogP contribution in [0.3, 0.4) is 0 Å². The van der Waals surface area contributed by atoms with Crippen LogP contribution in [0.25, 0.3) is 0 Å². The zero-order chi connectivity index (χ0) is 16.3. The van der Waals surface area contributed by atoms with Gasteiger partial charge in [-0.05, 0) is 12.1 Å². The lowest BCUT2D eigenvalue weighted by molar-refractivity contribution is -0.233. The fraction of sp³-hybridized carbons (Fsp3) is 0.500. The van der Waals surface area contributed by atoms with Gasteiger partial charge >= 0.3 is 6.18 Å². The lowest BCUT2D eigenvalue weighted by Crippen LogP contribution is -2.51. The average molecular weight is 319 g/mol. The molecule has 0 spiro atoms. The number of hydrogen-bond acceptors (Lipinski definition) is 4. The second kappa shape index (κ2) is 6.43. The molecule has 5 nitrogen and oxygen atoms in total. The van der Waals surface area contributed by atoms with Gasteiger partial charge in [-0.15, -0.1) is 0 Å². The smallest absolute Gasteiger partial charge is 0.416 e. The molecular weight excluding hydrogens is 303 g/mol. The molecule has 0 aliphatic carbocycles. The zero-order valence-electron chi connectivity index (χ0n) is 12.1. The molecule has 1 saturated heterocycles. The Morgan fingerprint density at radius 2 is 1.86 bits per heavy atom. The quantitative estimate of drug-likeness (QED) is 0.856. The van der Waals surface area contributed by atoms with Gasteiger partial charge in [0.15, 0.2) is 6.10 Å². The van der Waals surface area contributed by atoms with Crippen LogP contribution in [0.2, 0.25) is 0 Å². The maximum atomic E-state index is 12.8. The molecule has 1 aliphatic heterocycles. The number of hydrogen-bond donors (Lipinski definition) is 0. The third-order valence-electron chi connectivity index (χ3n) is 3.36. The summed E-state index contributed by atoms with van der Waals surface area (Å²) in [7, 11) is 2.76. The van der Waals surface area contributed by atoms with Gasteiger partial charge in [0.05, 0.1) is 27.4 Å². The summed E-state index contributed by atoms with van der Waals surface area (Å²) in [5.74, 6) is -0.0781. The van der Waals surface area contributed by atoms with E-state index in [0.717, 1.165) is 4.90 Å². The molecule has 1 fully saturated rings. The molecule has 0 aromatic heterocycles. The fourth-order valence-corrected chi connectivity index (χ4v) is 2.25. The Morgan fingerprint density at radius 1 is 1.27 bits per heavy atom. The molecule has 0 N–H and O–H groups in total. The Labute approximate surface area is 125 Å². The van der Waals surface area contributed by atoms with Crippen molar-refractivity contribution in [1.82, 2.24) is 4.90 Å². The van der Waals surface area contributed by atoms with Crippen molar-refractivity contribution < 1.29 is 32.2 Å². The van der Waals surface area contributed by atoms with E-state index in [4.69, 9.17) is 14.2 Å². The molecule has 122 valence electrons. The van der Waals surface area contributed by atoms with E-state index in [1.165, 1.54) is 14.2 Å². The number of halogens is 3. The Kier molecular flexibility index (Phi) is 4.80. The zero-order valence-corrected chi connectivity index (χ0v) is 12.1. The van der Waals surface area contributed by atoms with Gasteiger partial charge in [0, 0.05) is 6.54 Å². The van der Waals surface area contributed by atoms with Crippen molar-refractivity contribution in [2.24, 2.45) is 0 Å². The second-order valence-corrected chi connectivity index (χ2v) is 4.69. The molecule has 0 radical (unpaired) electrons. The maximum Gasteiger partial charge on any atom is 0.416 e. The SMILES string of the molecule is COc1cccc(OC)c1C(=O)N1CCOC(C(F)(F)F)C1. The molecule has 1 aromatic carbocycles. The van der Waals surface area contributed by atoms with Gasteiger partial charge in [-0.25, -0.2) is 0 Å². The molecule has 1 unspecified atom stereocenters. The topological polar surface area (TPSA) is 48.0 Å². The molecule has 1 aromatic rings. The molecule has 2 rings (SSSR count). The highest BCUT2D eigenvalue weighted by Crippen LogP contribution is 2.31. The summed E-state index contributed by atoms with van der Waals surface area (Å²) in [6.45, 7) is -0.649. The van der Waals surface area contributed by atoms with Crippen LogP contribution in [0.5, 0.6) is 11.5 Å². The minimum Gasteiger partial charge on any atom is -0.496 e. The monoisotopic (exact) mass is 319 g/mol. The average Bonchev–Trinajstić information content (AvgIpc) is 2.52. The summed E-state index contributed by atoms with van der Waals surface area (Å²) < 4.78 is 53.2. The summed E-state index contributed by atoms with van der Waals surface area (Å²) >= 11 is 0. The highest BCUT2D eigenvalue weighted by molar-refractivity contribution is 5.99.